The fourth-order valence-electron chi connectivity index (χ4n) is 1.99. The van der Waals surface area contributed by atoms with Crippen LogP contribution in [-0.4, -0.2) is 25.8 Å². The van der Waals surface area contributed by atoms with Crippen LogP contribution in [0.2, 0.25) is 0 Å². The van der Waals surface area contributed by atoms with E-state index in [1.165, 1.54) is 0 Å². The number of rotatable bonds is 4. The van der Waals surface area contributed by atoms with Gasteiger partial charge in [-0.05, 0) is 31.4 Å². The molecule has 1 saturated carbocycles. The third-order valence-electron chi connectivity index (χ3n) is 3.21. The van der Waals surface area contributed by atoms with Crippen LogP contribution in [0.15, 0.2) is 12.3 Å². The van der Waals surface area contributed by atoms with E-state index in [4.69, 9.17) is 4.74 Å². The van der Waals surface area contributed by atoms with Gasteiger partial charge >= 0.3 is 0 Å². The van der Waals surface area contributed by atoms with E-state index >= 15 is 0 Å². The quantitative estimate of drug-likeness (QED) is 0.824. The molecular formula is C12H17NO3S. The second-order valence-corrected chi connectivity index (χ2v) is 6.81. The molecule has 1 heterocycles. The molecule has 0 spiro atoms. The first-order valence-electron chi connectivity index (χ1n) is 5.74. The van der Waals surface area contributed by atoms with Gasteiger partial charge in [0.1, 0.15) is 0 Å². The number of nitrogens with zero attached hydrogens (tertiary/aromatic N) is 1. The third-order valence-corrected chi connectivity index (χ3v) is 5.43. The highest BCUT2D eigenvalue weighted by Crippen LogP contribution is 2.29. The minimum atomic E-state index is -2.99. The van der Waals surface area contributed by atoms with Crippen molar-refractivity contribution in [3.63, 3.8) is 0 Å². The molecule has 0 saturated heterocycles. The molecule has 0 unspecified atom stereocenters. The molecule has 1 aromatic heterocycles. The zero-order chi connectivity index (χ0) is 12.5. The smallest absolute Gasteiger partial charge is 0.215 e. The van der Waals surface area contributed by atoms with Gasteiger partial charge in [0, 0.05) is 11.8 Å². The van der Waals surface area contributed by atoms with E-state index in [9.17, 15) is 8.42 Å². The topological polar surface area (TPSA) is 56.3 Å². The van der Waals surface area contributed by atoms with Gasteiger partial charge in [-0.1, -0.05) is 6.42 Å². The van der Waals surface area contributed by atoms with Crippen LogP contribution in [0.4, 0.5) is 0 Å². The highest BCUT2D eigenvalue weighted by atomic mass is 32.2. The van der Waals surface area contributed by atoms with E-state index in [0.717, 1.165) is 30.4 Å². The van der Waals surface area contributed by atoms with Crippen LogP contribution in [0.3, 0.4) is 0 Å². The molecule has 4 nitrogen and oxygen atoms in total. The van der Waals surface area contributed by atoms with E-state index < -0.39 is 9.84 Å². The molecule has 1 aliphatic rings. The summed E-state index contributed by atoms with van der Waals surface area (Å²) in [6.07, 6.45) is 4.24. The Morgan fingerprint density at radius 3 is 2.65 bits per heavy atom. The van der Waals surface area contributed by atoms with E-state index in [1.807, 2.05) is 13.0 Å². The molecule has 0 radical (unpaired) electrons. The monoisotopic (exact) mass is 255 g/mol. The van der Waals surface area contributed by atoms with Crippen molar-refractivity contribution in [3.8, 4) is 5.88 Å². The Morgan fingerprint density at radius 2 is 2.18 bits per heavy atom. The average Bonchev–Trinajstić information content (AvgIpc) is 2.13. The molecule has 0 N–H and O–H groups in total. The minimum absolute atomic E-state index is 0.0928. The van der Waals surface area contributed by atoms with Crippen molar-refractivity contribution in [2.75, 3.05) is 7.11 Å². The average molecular weight is 255 g/mol. The van der Waals surface area contributed by atoms with Gasteiger partial charge in [0.2, 0.25) is 5.88 Å². The Labute approximate surface area is 102 Å². The molecule has 0 aliphatic heterocycles. The molecule has 0 atom stereocenters. The van der Waals surface area contributed by atoms with E-state index in [0.29, 0.717) is 5.88 Å². The molecule has 1 aliphatic carbocycles. The molecule has 1 fully saturated rings. The van der Waals surface area contributed by atoms with Gasteiger partial charge in [-0.2, -0.15) is 0 Å². The van der Waals surface area contributed by atoms with Crippen LogP contribution < -0.4 is 4.74 Å². The predicted octanol–water partition coefficient (Wildman–Crippen LogP) is 1.87. The fraction of sp³-hybridized carbons (Fsp3) is 0.583. The number of hydrogen-bond acceptors (Lipinski definition) is 4. The van der Waals surface area contributed by atoms with Crippen molar-refractivity contribution < 1.29 is 13.2 Å². The number of aryl methyl sites for hydroxylation is 1. The summed E-state index contributed by atoms with van der Waals surface area (Å²) in [4.78, 5) is 4.10. The maximum atomic E-state index is 12.0. The van der Waals surface area contributed by atoms with Gasteiger partial charge in [0.05, 0.1) is 18.1 Å². The molecular weight excluding hydrogens is 238 g/mol. The van der Waals surface area contributed by atoms with Crippen molar-refractivity contribution in [2.45, 2.75) is 37.2 Å². The van der Waals surface area contributed by atoms with Crippen LogP contribution in [0.5, 0.6) is 5.88 Å². The number of methoxy groups -OCH3 is 1. The lowest BCUT2D eigenvalue weighted by Gasteiger charge is -2.25. The molecule has 1 aromatic rings. The van der Waals surface area contributed by atoms with Gasteiger partial charge < -0.3 is 4.74 Å². The molecule has 5 heteroatoms. The summed E-state index contributed by atoms with van der Waals surface area (Å²) in [5.74, 6) is 0.643. The second-order valence-electron chi connectivity index (χ2n) is 4.53. The van der Waals surface area contributed by atoms with Crippen molar-refractivity contribution in [3.05, 3.63) is 23.4 Å². The summed E-state index contributed by atoms with van der Waals surface area (Å²) < 4.78 is 29.0. The van der Waals surface area contributed by atoms with Crippen molar-refractivity contribution in [1.29, 1.82) is 0 Å². The predicted molar refractivity (Wildman–Crippen MR) is 65.8 cm³/mol. The van der Waals surface area contributed by atoms with Gasteiger partial charge in [0.25, 0.3) is 0 Å². The molecule has 0 amide bonds. The number of aromatic nitrogens is 1. The van der Waals surface area contributed by atoms with Crippen LogP contribution in [-0.2, 0) is 15.6 Å². The van der Waals surface area contributed by atoms with E-state index in [-0.39, 0.29) is 11.0 Å². The van der Waals surface area contributed by atoms with E-state index in [2.05, 4.69) is 4.98 Å². The number of pyridine rings is 1. The zero-order valence-corrected chi connectivity index (χ0v) is 11.0. The lowest BCUT2D eigenvalue weighted by molar-refractivity contribution is 0.394. The third kappa shape index (κ3) is 2.60. The van der Waals surface area contributed by atoms with Crippen molar-refractivity contribution in [1.82, 2.24) is 4.98 Å². The molecule has 17 heavy (non-hydrogen) atoms. The molecule has 0 bridgehead atoms. The minimum Gasteiger partial charge on any atom is -0.481 e. The Morgan fingerprint density at radius 1 is 1.47 bits per heavy atom. The second kappa shape index (κ2) is 4.64. The Balaban J connectivity index is 2.16. The Hall–Kier alpha value is -1.10. The first kappa shape index (κ1) is 12.4. The van der Waals surface area contributed by atoms with Gasteiger partial charge in [-0.3, -0.25) is 0 Å². The highest BCUT2D eigenvalue weighted by molar-refractivity contribution is 7.91. The number of hydrogen-bond donors (Lipinski definition) is 0. The van der Waals surface area contributed by atoms with Gasteiger partial charge in [-0.25, -0.2) is 13.4 Å². The SMILES string of the molecule is COc1ncc(CS(=O)(=O)C2CCC2)cc1C. The number of sulfone groups is 1. The van der Waals surface area contributed by atoms with Gasteiger partial charge in [0.15, 0.2) is 9.84 Å². The summed E-state index contributed by atoms with van der Waals surface area (Å²) >= 11 is 0. The summed E-state index contributed by atoms with van der Waals surface area (Å²) in [5.41, 5.74) is 1.61. The first-order valence-corrected chi connectivity index (χ1v) is 7.45. The van der Waals surface area contributed by atoms with Crippen LogP contribution in [0.1, 0.15) is 30.4 Å². The van der Waals surface area contributed by atoms with Crippen molar-refractivity contribution in [2.24, 2.45) is 0 Å². The summed E-state index contributed by atoms with van der Waals surface area (Å²) in [7, 11) is -1.44. The normalized spacial score (nSPS) is 16.6. The Bertz CT molecular complexity index is 506. The first-order chi connectivity index (χ1) is 8.03. The van der Waals surface area contributed by atoms with Crippen molar-refractivity contribution >= 4 is 9.84 Å². The molecule has 0 aromatic carbocycles. The summed E-state index contributed by atoms with van der Waals surface area (Å²) in [6, 6.07) is 1.84. The maximum Gasteiger partial charge on any atom is 0.215 e. The van der Waals surface area contributed by atoms with Crippen LogP contribution >= 0.6 is 0 Å². The van der Waals surface area contributed by atoms with Gasteiger partial charge in [-0.15, -0.1) is 0 Å². The van der Waals surface area contributed by atoms with E-state index in [1.54, 1.807) is 13.3 Å². The maximum absolute atomic E-state index is 12.0. The van der Waals surface area contributed by atoms with Crippen LogP contribution in [0, 0.1) is 6.92 Å². The summed E-state index contributed by atoms with van der Waals surface area (Å²) in [6.45, 7) is 1.87. The Kier molecular flexibility index (Phi) is 3.38. The molecule has 94 valence electrons. The summed E-state index contributed by atoms with van der Waals surface area (Å²) in [5, 5.41) is -0.134. The number of ether oxygens (including phenoxy) is 1. The fourth-order valence-corrected chi connectivity index (χ4v) is 3.90. The highest BCUT2D eigenvalue weighted by Gasteiger charge is 2.31. The van der Waals surface area contributed by atoms with Crippen LogP contribution in [0.25, 0.3) is 0 Å². The lowest BCUT2D eigenvalue weighted by atomic mass is 10.00. The molecule has 2 rings (SSSR count). The largest absolute Gasteiger partial charge is 0.481 e. The lowest BCUT2D eigenvalue weighted by Crippen LogP contribution is -2.29. The zero-order valence-electron chi connectivity index (χ0n) is 10.1. The standard InChI is InChI=1S/C12H17NO3S/c1-9-6-10(7-13-12(9)16-2)8-17(14,15)11-4-3-5-11/h6-7,11H,3-5,8H2,1-2H3.